The van der Waals surface area contributed by atoms with Crippen LogP contribution in [0.25, 0.3) is 5.69 Å². The van der Waals surface area contributed by atoms with Crippen molar-refractivity contribution in [3.8, 4) is 5.69 Å². The minimum Gasteiger partial charge on any atom is -0.346 e. The summed E-state index contributed by atoms with van der Waals surface area (Å²) in [5, 5.41) is 10.3. The van der Waals surface area contributed by atoms with E-state index in [9.17, 15) is 22.4 Å². The third-order valence-corrected chi connectivity index (χ3v) is 3.53. The van der Waals surface area contributed by atoms with E-state index in [4.69, 9.17) is 0 Å². The van der Waals surface area contributed by atoms with E-state index in [0.29, 0.717) is 11.8 Å². The van der Waals surface area contributed by atoms with Gasteiger partial charge in [0.25, 0.3) is 5.91 Å². The fourth-order valence-electron chi connectivity index (χ4n) is 2.29. The zero-order chi connectivity index (χ0) is 18.7. The van der Waals surface area contributed by atoms with Crippen LogP contribution in [0.3, 0.4) is 0 Å². The number of nitrogens with one attached hydrogen (secondary N) is 1. The summed E-state index contributed by atoms with van der Waals surface area (Å²) >= 11 is 0. The quantitative estimate of drug-likeness (QED) is 0.723. The Labute approximate surface area is 145 Å². The van der Waals surface area contributed by atoms with Gasteiger partial charge in [0, 0.05) is 6.54 Å². The van der Waals surface area contributed by atoms with Gasteiger partial charge >= 0.3 is 6.18 Å². The summed E-state index contributed by atoms with van der Waals surface area (Å²) in [6, 6.07) is 11.1. The first-order chi connectivity index (χ1) is 12.3. The van der Waals surface area contributed by atoms with Gasteiger partial charge in [-0.25, -0.2) is 4.39 Å². The molecule has 0 aliphatic carbocycles. The smallest absolute Gasteiger partial charge is 0.346 e. The second-order valence-electron chi connectivity index (χ2n) is 5.34. The maximum atomic E-state index is 13.1. The summed E-state index contributed by atoms with van der Waals surface area (Å²) in [6.45, 7) is -0.424. The van der Waals surface area contributed by atoms with Gasteiger partial charge in [-0.2, -0.15) is 23.1 Å². The number of carbonyl (C=O) groups is 1. The van der Waals surface area contributed by atoms with Crippen molar-refractivity contribution in [1.29, 1.82) is 0 Å². The number of carbonyl (C=O) groups excluding carboxylic acids is 1. The summed E-state index contributed by atoms with van der Waals surface area (Å²) in [6.07, 6.45) is -3.52. The van der Waals surface area contributed by atoms with Crippen molar-refractivity contribution in [2.75, 3.05) is 0 Å². The van der Waals surface area contributed by atoms with E-state index in [2.05, 4.69) is 15.5 Å². The Kier molecular flexibility index (Phi) is 4.70. The van der Waals surface area contributed by atoms with Gasteiger partial charge in [-0.05, 0) is 29.8 Å². The predicted molar refractivity (Wildman–Crippen MR) is 83.9 cm³/mol. The zero-order valence-corrected chi connectivity index (χ0v) is 13.2. The highest BCUT2D eigenvalue weighted by Gasteiger charge is 2.33. The molecular weight excluding hydrogens is 352 g/mol. The van der Waals surface area contributed by atoms with Gasteiger partial charge in [0.1, 0.15) is 5.82 Å². The molecule has 0 aliphatic rings. The van der Waals surface area contributed by atoms with Gasteiger partial charge in [0.05, 0.1) is 17.4 Å². The van der Waals surface area contributed by atoms with Gasteiger partial charge in [0.2, 0.25) is 0 Å². The lowest BCUT2D eigenvalue weighted by Gasteiger charge is -2.13. The first kappa shape index (κ1) is 17.6. The minimum absolute atomic E-state index is 0.0514. The molecule has 0 aliphatic heterocycles. The Morgan fingerprint density at radius 1 is 1.12 bits per heavy atom. The van der Waals surface area contributed by atoms with E-state index in [1.807, 2.05) is 6.07 Å². The Morgan fingerprint density at radius 3 is 2.54 bits per heavy atom. The van der Waals surface area contributed by atoms with Gasteiger partial charge in [0.15, 0.2) is 5.69 Å². The molecule has 0 saturated carbocycles. The molecule has 0 saturated heterocycles. The minimum atomic E-state index is -4.72. The summed E-state index contributed by atoms with van der Waals surface area (Å²) in [4.78, 5) is 13.3. The number of hydrogen-bond donors (Lipinski definition) is 1. The van der Waals surface area contributed by atoms with Crippen molar-refractivity contribution in [1.82, 2.24) is 20.3 Å². The van der Waals surface area contributed by atoms with Crippen LogP contribution in [0.5, 0.6) is 0 Å². The van der Waals surface area contributed by atoms with Crippen LogP contribution in [0, 0.1) is 5.82 Å². The van der Waals surface area contributed by atoms with E-state index in [1.54, 1.807) is 24.3 Å². The van der Waals surface area contributed by atoms with E-state index in [1.165, 1.54) is 11.0 Å². The van der Waals surface area contributed by atoms with E-state index >= 15 is 0 Å². The monoisotopic (exact) mass is 364 g/mol. The molecule has 1 heterocycles. The maximum Gasteiger partial charge on any atom is 0.416 e. The molecule has 5 nitrogen and oxygen atoms in total. The average molecular weight is 364 g/mol. The van der Waals surface area contributed by atoms with Crippen LogP contribution in [-0.4, -0.2) is 20.9 Å². The molecule has 0 fully saturated rings. The average Bonchev–Trinajstić information content (AvgIpc) is 3.10. The van der Waals surface area contributed by atoms with Crippen molar-refractivity contribution < 1.29 is 22.4 Å². The van der Waals surface area contributed by atoms with E-state index in [0.717, 1.165) is 12.1 Å². The number of benzene rings is 2. The molecule has 134 valence electrons. The highest BCUT2D eigenvalue weighted by Crippen LogP contribution is 2.32. The van der Waals surface area contributed by atoms with Crippen LogP contribution >= 0.6 is 0 Å². The summed E-state index contributed by atoms with van der Waals surface area (Å²) < 4.78 is 52.0. The van der Waals surface area contributed by atoms with Crippen molar-refractivity contribution in [3.63, 3.8) is 0 Å². The van der Waals surface area contributed by atoms with Gasteiger partial charge in [-0.15, -0.1) is 5.10 Å². The normalized spacial score (nSPS) is 11.4. The summed E-state index contributed by atoms with van der Waals surface area (Å²) in [5.41, 5.74) is -0.803. The number of rotatable bonds is 4. The number of nitrogens with zero attached hydrogens (tertiary/aromatic N) is 3. The first-order valence-electron chi connectivity index (χ1n) is 7.46. The number of amides is 1. The van der Waals surface area contributed by atoms with Crippen molar-refractivity contribution in [2.45, 2.75) is 12.7 Å². The van der Waals surface area contributed by atoms with Crippen LogP contribution in [-0.2, 0) is 12.7 Å². The molecule has 1 N–H and O–H groups in total. The fraction of sp³-hybridized carbons (Fsp3) is 0.118. The predicted octanol–water partition coefficient (Wildman–Crippen LogP) is 3.36. The van der Waals surface area contributed by atoms with Crippen LogP contribution in [0.15, 0.2) is 54.7 Å². The molecule has 0 spiro atoms. The maximum absolute atomic E-state index is 13.1. The highest BCUT2D eigenvalue weighted by atomic mass is 19.4. The first-order valence-corrected chi connectivity index (χ1v) is 7.46. The summed E-state index contributed by atoms with van der Waals surface area (Å²) in [7, 11) is 0. The SMILES string of the molecule is O=C(NCc1ccc(F)cc1C(F)(F)F)c1cnn(-c2ccccc2)n1. The molecule has 9 heteroatoms. The lowest BCUT2D eigenvalue weighted by Crippen LogP contribution is -2.25. The van der Waals surface area contributed by atoms with Crippen molar-refractivity contribution >= 4 is 5.91 Å². The van der Waals surface area contributed by atoms with Gasteiger partial charge < -0.3 is 5.32 Å². The third-order valence-electron chi connectivity index (χ3n) is 3.53. The van der Waals surface area contributed by atoms with E-state index < -0.39 is 30.0 Å². The number of hydrogen-bond acceptors (Lipinski definition) is 3. The third kappa shape index (κ3) is 3.88. The van der Waals surface area contributed by atoms with Crippen LogP contribution in [0.2, 0.25) is 0 Å². The van der Waals surface area contributed by atoms with Gasteiger partial charge in [-0.1, -0.05) is 24.3 Å². The standard InChI is InChI=1S/C17H12F4N4O/c18-12-7-6-11(14(8-12)17(19,20)21)9-22-16(26)15-10-23-25(24-15)13-4-2-1-3-5-13/h1-8,10H,9H2,(H,22,26). The van der Waals surface area contributed by atoms with Crippen LogP contribution in [0.4, 0.5) is 17.6 Å². The largest absolute Gasteiger partial charge is 0.416 e. The molecular formula is C17H12F4N4O. The highest BCUT2D eigenvalue weighted by molar-refractivity contribution is 5.91. The molecule has 1 aromatic heterocycles. The number of alkyl halides is 3. The van der Waals surface area contributed by atoms with Crippen LogP contribution < -0.4 is 5.32 Å². The lowest BCUT2D eigenvalue weighted by molar-refractivity contribution is -0.138. The molecule has 3 rings (SSSR count). The molecule has 2 aromatic carbocycles. The number of halogens is 4. The second kappa shape index (κ2) is 6.95. The molecule has 0 atom stereocenters. The Bertz CT molecular complexity index is 922. The second-order valence-corrected chi connectivity index (χ2v) is 5.34. The topological polar surface area (TPSA) is 59.8 Å². The Balaban J connectivity index is 1.73. The number of para-hydroxylation sites is 1. The zero-order valence-electron chi connectivity index (χ0n) is 13.2. The van der Waals surface area contributed by atoms with E-state index in [-0.39, 0.29) is 11.3 Å². The molecule has 3 aromatic rings. The fourth-order valence-corrected chi connectivity index (χ4v) is 2.29. The molecule has 0 radical (unpaired) electrons. The lowest BCUT2D eigenvalue weighted by atomic mass is 10.1. The molecule has 1 amide bonds. The molecule has 26 heavy (non-hydrogen) atoms. The van der Waals surface area contributed by atoms with Crippen molar-refractivity contribution in [3.05, 3.63) is 77.4 Å². The molecule has 0 bridgehead atoms. The van der Waals surface area contributed by atoms with Gasteiger partial charge in [-0.3, -0.25) is 4.79 Å². The van der Waals surface area contributed by atoms with Crippen LogP contribution in [0.1, 0.15) is 21.6 Å². The Hall–Kier alpha value is -3.23. The Morgan fingerprint density at radius 2 is 1.85 bits per heavy atom. The summed E-state index contributed by atoms with van der Waals surface area (Å²) in [5.74, 6) is -1.69. The number of aromatic nitrogens is 3. The molecule has 0 unspecified atom stereocenters. The van der Waals surface area contributed by atoms with Crippen molar-refractivity contribution in [2.24, 2.45) is 0 Å².